The molecular formula is C12H18N2O4. The van der Waals surface area contributed by atoms with Crippen molar-refractivity contribution in [1.29, 1.82) is 0 Å². The maximum Gasteiger partial charge on any atom is 0.287 e. The number of hydrogen-bond acceptors (Lipinski definition) is 4. The first-order valence-electron chi connectivity index (χ1n) is 5.68. The van der Waals surface area contributed by atoms with Gasteiger partial charge in [0.2, 0.25) is 5.91 Å². The van der Waals surface area contributed by atoms with Gasteiger partial charge in [-0.05, 0) is 32.4 Å². The summed E-state index contributed by atoms with van der Waals surface area (Å²) in [6.07, 6.45) is 1.84. The van der Waals surface area contributed by atoms with Gasteiger partial charge in [-0.3, -0.25) is 9.59 Å². The summed E-state index contributed by atoms with van der Waals surface area (Å²) >= 11 is 0. The number of furan rings is 1. The quantitative estimate of drug-likeness (QED) is 0.680. The average Bonchev–Trinajstić information content (AvgIpc) is 2.78. The molecule has 0 bridgehead atoms. The highest BCUT2D eigenvalue weighted by Gasteiger charge is 2.20. The van der Waals surface area contributed by atoms with E-state index in [0.717, 1.165) is 0 Å². The van der Waals surface area contributed by atoms with E-state index in [0.29, 0.717) is 6.42 Å². The van der Waals surface area contributed by atoms with Crippen LogP contribution in [0, 0.1) is 0 Å². The van der Waals surface area contributed by atoms with Gasteiger partial charge in [-0.15, -0.1) is 0 Å². The SMILES string of the molecule is CC(C)(CCO)NC(=O)CNC(=O)c1ccco1. The smallest absolute Gasteiger partial charge is 0.287 e. The zero-order valence-corrected chi connectivity index (χ0v) is 10.5. The molecule has 6 heteroatoms. The summed E-state index contributed by atoms with van der Waals surface area (Å²) in [5.74, 6) is -0.583. The highest BCUT2D eigenvalue weighted by atomic mass is 16.3. The molecule has 1 rings (SSSR count). The first kappa shape index (κ1) is 14.2. The number of aliphatic hydroxyl groups is 1. The van der Waals surface area contributed by atoms with E-state index in [1.807, 2.05) is 0 Å². The molecule has 0 fully saturated rings. The minimum atomic E-state index is -0.499. The molecule has 2 amide bonds. The van der Waals surface area contributed by atoms with Gasteiger partial charge in [0.05, 0.1) is 12.8 Å². The molecule has 0 atom stereocenters. The summed E-state index contributed by atoms with van der Waals surface area (Å²) in [6, 6.07) is 3.11. The van der Waals surface area contributed by atoms with Gasteiger partial charge in [0, 0.05) is 12.1 Å². The van der Waals surface area contributed by atoms with Crippen LogP contribution in [0.5, 0.6) is 0 Å². The van der Waals surface area contributed by atoms with Crippen LogP contribution in [0.2, 0.25) is 0 Å². The van der Waals surface area contributed by atoms with Crippen molar-refractivity contribution in [1.82, 2.24) is 10.6 Å². The largest absolute Gasteiger partial charge is 0.459 e. The van der Waals surface area contributed by atoms with E-state index < -0.39 is 11.4 Å². The molecular weight excluding hydrogens is 236 g/mol. The minimum Gasteiger partial charge on any atom is -0.459 e. The van der Waals surface area contributed by atoms with Crippen LogP contribution in [-0.2, 0) is 4.79 Å². The molecule has 1 aromatic heterocycles. The highest BCUT2D eigenvalue weighted by molar-refractivity contribution is 5.94. The third kappa shape index (κ3) is 4.58. The first-order valence-corrected chi connectivity index (χ1v) is 5.68. The van der Waals surface area contributed by atoms with E-state index in [1.54, 1.807) is 19.9 Å². The second-order valence-corrected chi connectivity index (χ2v) is 4.57. The van der Waals surface area contributed by atoms with Crippen LogP contribution in [0.4, 0.5) is 0 Å². The minimum absolute atomic E-state index is 0.00790. The Morgan fingerprint density at radius 3 is 2.72 bits per heavy atom. The lowest BCUT2D eigenvalue weighted by Crippen LogP contribution is -2.48. The van der Waals surface area contributed by atoms with E-state index >= 15 is 0 Å². The van der Waals surface area contributed by atoms with E-state index in [-0.39, 0.29) is 24.8 Å². The van der Waals surface area contributed by atoms with Gasteiger partial charge >= 0.3 is 0 Å². The summed E-state index contributed by atoms with van der Waals surface area (Å²) in [7, 11) is 0. The summed E-state index contributed by atoms with van der Waals surface area (Å²) < 4.78 is 4.89. The average molecular weight is 254 g/mol. The van der Waals surface area contributed by atoms with E-state index in [4.69, 9.17) is 9.52 Å². The number of carbonyl (C=O) groups is 2. The third-order valence-corrected chi connectivity index (χ3v) is 2.37. The zero-order valence-electron chi connectivity index (χ0n) is 10.5. The van der Waals surface area contributed by atoms with Crippen molar-refractivity contribution in [3.8, 4) is 0 Å². The lowest BCUT2D eigenvalue weighted by atomic mass is 10.0. The van der Waals surface area contributed by atoms with Crippen molar-refractivity contribution >= 4 is 11.8 Å². The van der Waals surface area contributed by atoms with Gasteiger partial charge in [0.1, 0.15) is 0 Å². The van der Waals surface area contributed by atoms with Gasteiger partial charge in [-0.2, -0.15) is 0 Å². The molecule has 0 aliphatic carbocycles. The van der Waals surface area contributed by atoms with Crippen LogP contribution in [0.25, 0.3) is 0 Å². The zero-order chi connectivity index (χ0) is 13.6. The molecule has 0 spiro atoms. The standard InChI is InChI=1S/C12H18N2O4/c1-12(2,5-6-15)14-10(16)8-13-11(17)9-4-3-7-18-9/h3-4,7,15H,5-6,8H2,1-2H3,(H,13,17)(H,14,16). The molecule has 0 aliphatic rings. The predicted molar refractivity (Wildman–Crippen MR) is 65.0 cm³/mol. The Kier molecular flexibility index (Phi) is 4.91. The molecule has 18 heavy (non-hydrogen) atoms. The molecule has 0 aliphatic heterocycles. The maximum absolute atomic E-state index is 11.6. The van der Waals surface area contributed by atoms with Crippen LogP contribution >= 0.6 is 0 Å². The lowest BCUT2D eigenvalue weighted by molar-refractivity contribution is -0.121. The molecule has 6 nitrogen and oxygen atoms in total. The fraction of sp³-hybridized carbons (Fsp3) is 0.500. The first-order chi connectivity index (χ1) is 8.44. The van der Waals surface area contributed by atoms with E-state index in [1.165, 1.54) is 12.3 Å². The van der Waals surface area contributed by atoms with Crippen LogP contribution in [-0.4, -0.2) is 35.6 Å². The number of amides is 2. The van der Waals surface area contributed by atoms with Gasteiger partial charge in [0.25, 0.3) is 5.91 Å². The predicted octanol–water partition coefficient (Wildman–Crippen LogP) is 0.287. The summed E-state index contributed by atoms with van der Waals surface area (Å²) in [4.78, 5) is 23.0. The Morgan fingerprint density at radius 1 is 1.44 bits per heavy atom. The van der Waals surface area contributed by atoms with Crippen molar-refractivity contribution in [2.24, 2.45) is 0 Å². The molecule has 100 valence electrons. The monoisotopic (exact) mass is 254 g/mol. The maximum atomic E-state index is 11.6. The van der Waals surface area contributed by atoms with Gasteiger partial charge in [-0.1, -0.05) is 0 Å². The van der Waals surface area contributed by atoms with E-state index in [9.17, 15) is 9.59 Å². The molecule has 0 aromatic carbocycles. The number of aliphatic hydroxyl groups excluding tert-OH is 1. The second-order valence-electron chi connectivity index (χ2n) is 4.57. The molecule has 0 saturated carbocycles. The summed E-state index contributed by atoms with van der Waals surface area (Å²) in [5.41, 5.74) is -0.499. The molecule has 0 unspecified atom stereocenters. The summed E-state index contributed by atoms with van der Waals surface area (Å²) in [5, 5.41) is 14.0. The number of rotatable bonds is 6. The topological polar surface area (TPSA) is 91.6 Å². The van der Waals surface area contributed by atoms with Crippen LogP contribution in [0.1, 0.15) is 30.8 Å². The Labute approximate surface area is 105 Å². The highest BCUT2D eigenvalue weighted by Crippen LogP contribution is 2.06. The Balaban J connectivity index is 2.35. The van der Waals surface area contributed by atoms with Crippen molar-refractivity contribution < 1.29 is 19.1 Å². The third-order valence-electron chi connectivity index (χ3n) is 2.37. The van der Waals surface area contributed by atoms with Gasteiger partial charge in [0.15, 0.2) is 5.76 Å². The number of carbonyl (C=O) groups excluding carboxylic acids is 2. The van der Waals surface area contributed by atoms with E-state index in [2.05, 4.69) is 10.6 Å². The van der Waals surface area contributed by atoms with Crippen LogP contribution in [0.3, 0.4) is 0 Å². The second kappa shape index (κ2) is 6.20. The number of hydrogen-bond donors (Lipinski definition) is 3. The fourth-order valence-electron chi connectivity index (χ4n) is 1.42. The van der Waals surface area contributed by atoms with Crippen molar-refractivity contribution in [3.63, 3.8) is 0 Å². The van der Waals surface area contributed by atoms with Crippen molar-refractivity contribution in [2.75, 3.05) is 13.2 Å². The molecule has 0 saturated heterocycles. The normalized spacial score (nSPS) is 11.1. The van der Waals surface area contributed by atoms with Crippen molar-refractivity contribution in [2.45, 2.75) is 25.8 Å². The van der Waals surface area contributed by atoms with Gasteiger partial charge < -0.3 is 20.2 Å². The van der Waals surface area contributed by atoms with Gasteiger partial charge in [-0.25, -0.2) is 0 Å². The summed E-state index contributed by atoms with van der Waals surface area (Å²) in [6.45, 7) is 3.46. The Bertz CT molecular complexity index is 398. The molecule has 1 heterocycles. The van der Waals surface area contributed by atoms with Crippen molar-refractivity contribution in [3.05, 3.63) is 24.2 Å². The van der Waals surface area contributed by atoms with Crippen LogP contribution in [0.15, 0.2) is 22.8 Å². The number of nitrogens with one attached hydrogen (secondary N) is 2. The Hall–Kier alpha value is -1.82. The molecule has 1 aromatic rings. The lowest BCUT2D eigenvalue weighted by Gasteiger charge is -2.25. The molecule has 3 N–H and O–H groups in total. The van der Waals surface area contributed by atoms with Crippen LogP contribution < -0.4 is 10.6 Å². The Morgan fingerprint density at radius 2 is 2.17 bits per heavy atom. The molecule has 0 radical (unpaired) electrons. The fourth-order valence-corrected chi connectivity index (χ4v) is 1.42.